The zero-order valence-corrected chi connectivity index (χ0v) is 34.5. The number of allylic oxidation sites excluding steroid dienone is 2. The van der Waals surface area contributed by atoms with E-state index in [2.05, 4.69) is 153 Å². The van der Waals surface area contributed by atoms with E-state index < -0.39 is 17.4 Å². The average Bonchev–Trinajstić information content (AvgIpc) is 3.68. The molecule has 9 rings (SSSR count). The quantitative estimate of drug-likeness (QED) is 0.162. The smallest absolute Gasteiger partial charge is 0.147 e. The molecule has 0 saturated carbocycles. The number of para-hydroxylation sites is 2. The molecule has 2 unspecified atom stereocenters. The number of halogens is 2. The molecule has 7 aromatic rings. The molecule has 2 heterocycles. The van der Waals surface area contributed by atoms with E-state index in [1.807, 2.05) is 24.5 Å². The van der Waals surface area contributed by atoms with Crippen LogP contribution in [0.4, 0.5) is 0 Å². The van der Waals surface area contributed by atoms with Gasteiger partial charge >= 0.3 is 293 Å². The van der Waals surface area contributed by atoms with Gasteiger partial charge in [0.05, 0.1) is 0 Å². The molecule has 0 N–H and O–H groups in total. The van der Waals surface area contributed by atoms with Gasteiger partial charge in [0.2, 0.25) is 0 Å². The third kappa shape index (κ3) is 5.29. The molecule has 6 heteroatoms. The Balaban J connectivity index is 0.00000203. The van der Waals surface area contributed by atoms with Crippen molar-refractivity contribution < 1.29 is 17.4 Å². The minimum atomic E-state index is -4.22. The number of benzene rings is 5. The molecule has 2 aromatic heterocycles. The molecule has 2 aliphatic carbocycles. The van der Waals surface area contributed by atoms with Crippen LogP contribution in [0.25, 0.3) is 56.2 Å². The number of aromatic nitrogens is 2. The van der Waals surface area contributed by atoms with E-state index in [1.165, 1.54) is 66.4 Å². The maximum atomic E-state index is 4.86. The molecule has 2 aliphatic rings. The van der Waals surface area contributed by atoms with Crippen molar-refractivity contribution in [3.63, 3.8) is 0 Å². The van der Waals surface area contributed by atoms with E-state index in [1.54, 1.807) is 3.27 Å². The number of fused-ring (bicyclic) bond motifs is 4. The van der Waals surface area contributed by atoms with Crippen LogP contribution in [0.1, 0.15) is 43.4 Å². The summed E-state index contributed by atoms with van der Waals surface area (Å²) in [6.07, 6.45) is 8.86. The predicted molar refractivity (Wildman–Crippen MR) is 222 cm³/mol. The van der Waals surface area contributed by atoms with Gasteiger partial charge in [-0.2, -0.15) is 0 Å². The van der Waals surface area contributed by atoms with Crippen molar-refractivity contribution in [3.05, 3.63) is 173 Å². The third-order valence-electron chi connectivity index (χ3n) is 11.6. The van der Waals surface area contributed by atoms with Crippen LogP contribution >= 0.6 is 24.8 Å². The van der Waals surface area contributed by atoms with Gasteiger partial charge in [-0.3, -0.25) is 0 Å². The fraction of sp³-hybridized carbons (Fsp3) is 0.111. The molecule has 5 aromatic carbocycles. The van der Waals surface area contributed by atoms with Gasteiger partial charge in [0, 0.05) is 0 Å². The maximum Gasteiger partial charge on any atom is -0.147 e. The molecule has 0 saturated heterocycles. The largest absolute Gasteiger partial charge is 0.147 e. The number of hydrogen-bond donors (Lipinski definition) is 0. The summed E-state index contributed by atoms with van der Waals surface area (Å²) in [7, 11) is 0. The standard InChI is InChI=1S/2C19H14N.C6H5.CH3.2ClH.H2Si.Zr/c2*1-13-11-15-6-3-8-16(18(15)12-13)17-9-2-5-14-7-4-10-20-19(14)17;1-2-4-6-5-3-1;;;;;/h2*2-12H,1H3;1-5H;1H3;2*1H;1H2;. The fourth-order valence-electron chi connectivity index (χ4n) is 9.77. The summed E-state index contributed by atoms with van der Waals surface area (Å²) in [6.45, 7) is 7.22. The molecular formula is C45H40Cl2N2SiZr. The van der Waals surface area contributed by atoms with Crippen molar-refractivity contribution in [1.29, 1.82) is 0 Å². The zero-order chi connectivity index (χ0) is 33.4. The maximum absolute atomic E-state index is 4.86. The molecule has 0 bridgehead atoms. The SMILES string of the molecule is CC1=Cc2c(-c3cccc4cccnc34)cccc2[CH]1[Zr]([CH3])(=[SiH2])([c]1ccccc1)[CH]1C(C)=Cc2c(-c3cccc4cccnc34)cccc21.Cl.Cl. The second-order valence-corrected chi connectivity index (χ2v) is 40.9. The Morgan fingerprint density at radius 2 is 0.902 bits per heavy atom. The van der Waals surface area contributed by atoms with Gasteiger partial charge < -0.3 is 0 Å². The Morgan fingerprint density at radius 1 is 0.490 bits per heavy atom. The third-order valence-corrected chi connectivity index (χ3v) is 35.4. The van der Waals surface area contributed by atoms with Gasteiger partial charge in [0.1, 0.15) is 0 Å². The first-order valence-electron chi connectivity index (χ1n) is 17.3. The number of nitrogens with zero attached hydrogens (tertiary/aromatic N) is 2. The molecule has 252 valence electrons. The first-order valence-corrected chi connectivity index (χ1v) is 29.7. The normalized spacial score (nSPS) is 16.5. The monoisotopic (exact) mass is 796 g/mol. The second-order valence-electron chi connectivity index (χ2n) is 14.6. The van der Waals surface area contributed by atoms with Crippen LogP contribution in [-0.2, 0) is 17.4 Å². The zero-order valence-electron chi connectivity index (χ0n) is 29.0. The van der Waals surface area contributed by atoms with Gasteiger partial charge in [0.25, 0.3) is 0 Å². The fourth-order valence-corrected chi connectivity index (χ4v) is 35.0. The van der Waals surface area contributed by atoms with Crippen molar-refractivity contribution in [2.75, 3.05) is 0 Å². The summed E-state index contributed by atoms with van der Waals surface area (Å²) in [4.78, 5) is 9.73. The summed E-state index contributed by atoms with van der Waals surface area (Å²) >= 11 is -4.22. The molecule has 51 heavy (non-hydrogen) atoms. The minimum absolute atomic E-state index is 0. The van der Waals surface area contributed by atoms with E-state index in [0.717, 1.165) is 11.0 Å². The first-order chi connectivity index (χ1) is 23.8. The predicted octanol–water partition coefficient (Wildman–Crippen LogP) is 11.2. The molecule has 0 amide bonds. The average molecular weight is 799 g/mol. The number of pyridine rings is 2. The van der Waals surface area contributed by atoms with E-state index in [4.69, 9.17) is 9.97 Å². The Morgan fingerprint density at radius 3 is 1.37 bits per heavy atom. The van der Waals surface area contributed by atoms with E-state index in [0.29, 0.717) is 7.25 Å². The Hall–Kier alpha value is -3.92. The summed E-state index contributed by atoms with van der Waals surface area (Å²) in [5, 5.41) is 2.35. The topological polar surface area (TPSA) is 25.8 Å². The van der Waals surface area contributed by atoms with Gasteiger partial charge in [-0.25, -0.2) is 0 Å². The molecular weight excluding hydrogens is 759 g/mol. The van der Waals surface area contributed by atoms with Crippen LogP contribution in [-0.4, -0.2) is 16.8 Å². The van der Waals surface area contributed by atoms with Crippen LogP contribution in [0.2, 0.25) is 4.63 Å². The van der Waals surface area contributed by atoms with Gasteiger partial charge in [-0.05, 0) is 0 Å². The molecule has 0 spiro atoms. The summed E-state index contributed by atoms with van der Waals surface area (Å²) in [5.74, 6) is 0. The van der Waals surface area contributed by atoms with Crippen LogP contribution in [0.15, 0.2) is 151 Å². The van der Waals surface area contributed by atoms with Crippen molar-refractivity contribution in [3.8, 4) is 22.3 Å². The van der Waals surface area contributed by atoms with Crippen molar-refractivity contribution in [2.24, 2.45) is 0 Å². The first kappa shape index (κ1) is 35.5. The minimum Gasteiger partial charge on any atom is -0.147 e. The molecule has 0 radical (unpaired) electrons. The Labute approximate surface area is 315 Å². The second kappa shape index (κ2) is 13.2. The molecule has 0 fully saturated rings. The van der Waals surface area contributed by atoms with Gasteiger partial charge in [0.15, 0.2) is 0 Å². The Kier molecular flexibility index (Phi) is 9.22. The van der Waals surface area contributed by atoms with Crippen LogP contribution in [0.3, 0.4) is 0 Å². The Bertz CT molecular complexity index is 2460. The van der Waals surface area contributed by atoms with Crippen LogP contribution < -0.4 is 3.27 Å². The van der Waals surface area contributed by atoms with Crippen molar-refractivity contribution in [1.82, 2.24) is 9.97 Å². The van der Waals surface area contributed by atoms with E-state index in [-0.39, 0.29) is 24.8 Å². The van der Waals surface area contributed by atoms with Crippen LogP contribution in [0.5, 0.6) is 0 Å². The number of hydrogen-bond acceptors (Lipinski definition) is 2. The summed E-state index contributed by atoms with van der Waals surface area (Å²) in [6, 6.07) is 47.2. The van der Waals surface area contributed by atoms with E-state index in [9.17, 15) is 0 Å². The van der Waals surface area contributed by atoms with E-state index >= 15 is 0 Å². The summed E-state index contributed by atoms with van der Waals surface area (Å²) < 4.78 is 5.01. The van der Waals surface area contributed by atoms with Gasteiger partial charge in [-0.1, -0.05) is 0 Å². The van der Waals surface area contributed by atoms with Crippen LogP contribution in [0, 0.1) is 0 Å². The summed E-state index contributed by atoms with van der Waals surface area (Å²) in [5.41, 5.74) is 15.8. The van der Waals surface area contributed by atoms with Crippen molar-refractivity contribution in [2.45, 2.75) is 25.7 Å². The molecule has 2 atom stereocenters. The number of rotatable bonds is 5. The van der Waals surface area contributed by atoms with Gasteiger partial charge in [-0.15, -0.1) is 24.8 Å². The molecule has 2 nitrogen and oxygen atoms in total. The molecule has 0 aliphatic heterocycles. The van der Waals surface area contributed by atoms with Crippen molar-refractivity contribution >= 4 is 68.9 Å².